The van der Waals surface area contributed by atoms with E-state index in [2.05, 4.69) is 4.98 Å². The Morgan fingerprint density at radius 3 is 2.56 bits per heavy atom. The number of pyridine rings is 1. The van der Waals surface area contributed by atoms with Crippen LogP contribution in [0.2, 0.25) is 0 Å². The third kappa shape index (κ3) is 2.49. The first kappa shape index (κ1) is 16.5. The van der Waals surface area contributed by atoms with Crippen molar-refractivity contribution in [1.29, 1.82) is 0 Å². The number of nitrogens with zero attached hydrogens (tertiary/aromatic N) is 2. The fourth-order valence-corrected chi connectivity index (χ4v) is 4.29. The molecular formula is C20H21N3O4. The zero-order chi connectivity index (χ0) is 18.6. The molecule has 2 aromatic heterocycles. The van der Waals surface area contributed by atoms with Crippen LogP contribution < -0.4 is 5.56 Å². The number of aromatic amines is 1. The molecule has 2 fully saturated rings. The maximum Gasteiger partial charge on any atom is 0.270 e. The van der Waals surface area contributed by atoms with Gasteiger partial charge in [-0.3, -0.25) is 9.59 Å². The van der Waals surface area contributed by atoms with Gasteiger partial charge in [0.15, 0.2) is 5.79 Å². The summed E-state index contributed by atoms with van der Waals surface area (Å²) in [5.74, 6) is -0.576. The first-order valence-corrected chi connectivity index (χ1v) is 9.26. The van der Waals surface area contributed by atoms with Crippen LogP contribution >= 0.6 is 0 Å². The molecule has 4 heterocycles. The molecule has 0 saturated carbocycles. The number of likely N-dealkylation sites (tertiary alicyclic amines) is 1. The van der Waals surface area contributed by atoms with Gasteiger partial charge in [0, 0.05) is 38.4 Å². The minimum Gasteiger partial charge on any atom is -0.347 e. The second-order valence-corrected chi connectivity index (χ2v) is 7.25. The van der Waals surface area contributed by atoms with Gasteiger partial charge < -0.3 is 23.9 Å². The van der Waals surface area contributed by atoms with Crippen molar-refractivity contribution in [2.45, 2.75) is 18.6 Å². The molecule has 2 aliphatic heterocycles. The maximum absolute atomic E-state index is 13.2. The molecule has 2 aliphatic rings. The minimum atomic E-state index is -0.511. The Balaban J connectivity index is 1.53. The highest BCUT2D eigenvalue weighted by atomic mass is 16.7. The molecule has 1 N–H and O–H groups in total. The van der Waals surface area contributed by atoms with Gasteiger partial charge in [-0.25, -0.2) is 0 Å². The number of carbonyl (C=O) groups excluding carboxylic acids is 1. The van der Waals surface area contributed by atoms with Crippen molar-refractivity contribution < 1.29 is 14.3 Å². The second kappa shape index (κ2) is 5.94. The number of aryl methyl sites for hydroxylation is 1. The van der Waals surface area contributed by atoms with Gasteiger partial charge in [-0.15, -0.1) is 0 Å². The average Bonchev–Trinajstić information content (AvgIpc) is 3.27. The number of H-pyrrole nitrogens is 1. The van der Waals surface area contributed by atoms with Gasteiger partial charge >= 0.3 is 0 Å². The first-order valence-electron chi connectivity index (χ1n) is 9.26. The topological polar surface area (TPSA) is 76.6 Å². The highest BCUT2D eigenvalue weighted by Gasteiger charge is 2.41. The summed E-state index contributed by atoms with van der Waals surface area (Å²) in [4.78, 5) is 30.4. The summed E-state index contributed by atoms with van der Waals surface area (Å²) >= 11 is 0. The molecular weight excluding hydrogens is 346 g/mol. The number of fused-ring (bicyclic) bond motifs is 3. The Hall–Kier alpha value is -2.64. The summed E-state index contributed by atoms with van der Waals surface area (Å²) in [6, 6.07) is 9.35. The van der Waals surface area contributed by atoms with E-state index in [1.807, 2.05) is 40.8 Å². The monoisotopic (exact) mass is 367 g/mol. The molecule has 2 saturated heterocycles. The zero-order valence-electron chi connectivity index (χ0n) is 15.2. The van der Waals surface area contributed by atoms with E-state index in [1.54, 1.807) is 6.07 Å². The molecule has 1 spiro atoms. The van der Waals surface area contributed by atoms with E-state index in [-0.39, 0.29) is 11.5 Å². The Labute approximate surface area is 155 Å². The predicted octanol–water partition coefficient (Wildman–Crippen LogP) is 2.00. The van der Waals surface area contributed by atoms with Crippen molar-refractivity contribution in [2.75, 3.05) is 26.3 Å². The second-order valence-electron chi connectivity index (χ2n) is 7.25. The number of rotatable bonds is 1. The van der Waals surface area contributed by atoms with Gasteiger partial charge in [0.2, 0.25) is 0 Å². The Morgan fingerprint density at radius 1 is 1.11 bits per heavy atom. The highest BCUT2D eigenvalue weighted by molar-refractivity contribution is 6.07. The number of carbonyl (C=O) groups is 1. The molecule has 0 unspecified atom stereocenters. The molecule has 7 nitrogen and oxygen atoms in total. The number of benzene rings is 1. The standard InChI is InChI=1S/C20H21N3O4/c1-22-16(19(25)23-8-6-20(7-9-23)26-10-11-27-20)12-14-17(22)13-4-2-3-5-15(13)21-18(14)24/h2-5,12H,6-11H2,1H3,(H,21,24). The van der Waals surface area contributed by atoms with Crippen molar-refractivity contribution in [2.24, 2.45) is 7.05 Å². The lowest BCUT2D eigenvalue weighted by Crippen LogP contribution is -2.47. The van der Waals surface area contributed by atoms with Crippen molar-refractivity contribution in [3.8, 4) is 0 Å². The van der Waals surface area contributed by atoms with Crippen molar-refractivity contribution in [3.05, 3.63) is 46.4 Å². The Morgan fingerprint density at radius 2 is 1.81 bits per heavy atom. The largest absolute Gasteiger partial charge is 0.347 e. The normalized spacial score (nSPS) is 19.4. The third-order valence-electron chi connectivity index (χ3n) is 5.75. The van der Waals surface area contributed by atoms with E-state index in [4.69, 9.17) is 9.47 Å². The van der Waals surface area contributed by atoms with Gasteiger partial charge in [-0.05, 0) is 12.1 Å². The average molecular weight is 367 g/mol. The lowest BCUT2D eigenvalue weighted by Gasteiger charge is -2.37. The molecule has 0 bridgehead atoms. The van der Waals surface area contributed by atoms with Crippen LogP contribution in [0.3, 0.4) is 0 Å². The molecule has 140 valence electrons. The maximum atomic E-state index is 13.2. The van der Waals surface area contributed by atoms with Crippen LogP contribution in [-0.2, 0) is 16.5 Å². The molecule has 1 amide bonds. The summed E-state index contributed by atoms with van der Waals surface area (Å²) in [5, 5.41) is 1.47. The fourth-order valence-electron chi connectivity index (χ4n) is 4.29. The molecule has 1 aromatic carbocycles. The smallest absolute Gasteiger partial charge is 0.270 e. The van der Waals surface area contributed by atoms with E-state index in [9.17, 15) is 9.59 Å². The van der Waals surface area contributed by atoms with Gasteiger partial charge in [0.05, 0.1) is 29.6 Å². The van der Waals surface area contributed by atoms with E-state index in [0.717, 1.165) is 16.4 Å². The van der Waals surface area contributed by atoms with Crippen LogP contribution in [0.5, 0.6) is 0 Å². The zero-order valence-corrected chi connectivity index (χ0v) is 15.2. The van der Waals surface area contributed by atoms with Crippen molar-refractivity contribution >= 4 is 27.7 Å². The van der Waals surface area contributed by atoms with E-state index in [1.165, 1.54) is 0 Å². The lowest BCUT2D eigenvalue weighted by atomic mass is 10.0. The number of nitrogens with one attached hydrogen (secondary N) is 1. The van der Waals surface area contributed by atoms with Crippen LogP contribution in [0.4, 0.5) is 0 Å². The minimum absolute atomic E-state index is 0.0648. The van der Waals surface area contributed by atoms with Crippen LogP contribution in [0.1, 0.15) is 23.3 Å². The van der Waals surface area contributed by atoms with E-state index < -0.39 is 5.79 Å². The number of hydrogen-bond acceptors (Lipinski definition) is 4. The molecule has 27 heavy (non-hydrogen) atoms. The molecule has 3 aromatic rings. The van der Waals surface area contributed by atoms with Gasteiger partial charge in [-0.2, -0.15) is 0 Å². The van der Waals surface area contributed by atoms with Crippen LogP contribution in [-0.4, -0.2) is 52.4 Å². The van der Waals surface area contributed by atoms with Crippen LogP contribution in [0, 0.1) is 0 Å². The molecule has 0 radical (unpaired) electrons. The number of amides is 1. The Bertz CT molecular complexity index is 1100. The number of aromatic nitrogens is 2. The molecule has 0 aliphatic carbocycles. The van der Waals surface area contributed by atoms with Gasteiger partial charge in [0.25, 0.3) is 11.5 Å². The molecule has 7 heteroatoms. The summed E-state index contributed by atoms with van der Waals surface area (Å²) in [7, 11) is 1.84. The molecule has 5 rings (SSSR count). The summed E-state index contributed by atoms with van der Waals surface area (Å²) in [6.45, 7) is 2.40. The van der Waals surface area contributed by atoms with Crippen molar-refractivity contribution in [1.82, 2.24) is 14.5 Å². The quantitative estimate of drug-likeness (QED) is 0.714. The SMILES string of the molecule is Cn1c(C(=O)N2CCC3(CC2)OCCO3)cc2c(=O)[nH]c3ccccc3c21. The van der Waals surface area contributed by atoms with Crippen molar-refractivity contribution in [3.63, 3.8) is 0 Å². The summed E-state index contributed by atoms with van der Waals surface area (Å²) < 4.78 is 13.3. The lowest BCUT2D eigenvalue weighted by molar-refractivity contribution is -0.181. The number of ether oxygens (including phenoxy) is 2. The number of hydrogen-bond donors (Lipinski definition) is 1. The third-order valence-corrected chi connectivity index (χ3v) is 5.75. The first-order chi connectivity index (χ1) is 13.1. The van der Waals surface area contributed by atoms with Gasteiger partial charge in [-0.1, -0.05) is 18.2 Å². The number of piperidine rings is 1. The fraction of sp³-hybridized carbons (Fsp3) is 0.400. The van der Waals surface area contributed by atoms with Crippen LogP contribution in [0.25, 0.3) is 21.8 Å². The predicted molar refractivity (Wildman–Crippen MR) is 101 cm³/mol. The highest BCUT2D eigenvalue weighted by Crippen LogP contribution is 2.32. The van der Waals surface area contributed by atoms with Gasteiger partial charge in [0.1, 0.15) is 5.69 Å². The van der Waals surface area contributed by atoms with Crippen LogP contribution in [0.15, 0.2) is 35.1 Å². The van der Waals surface area contributed by atoms with E-state index >= 15 is 0 Å². The summed E-state index contributed by atoms with van der Waals surface area (Å²) in [6.07, 6.45) is 1.35. The Kier molecular flexibility index (Phi) is 3.63. The van der Waals surface area contributed by atoms with E-state index in [0.29, 0.717) is 50.2 Å². The number of para-hydroxylation sites is 1. The summed E-state index contributed by atoms with van der Waals surface area (Å²) in [5.41, 5.74) is 1.90. The molecule has 0 atom stereocenters.